The summed E-state index contributed by atoms with van der Waals surface area (Å²) in [6.45, 7) is 4.05. The Labute approximate surface area is 93.8 Å². The second-order valence-corrected chi connectivity index (χ2v) is 4.56. The van der Waals surface area contributed by atoms with Crippen LogP contribution in [0.1, 0.15) is 22.8 Å². The van der Waals surface area contributed by atoms with Crippen molar-refractivity contribution < 1.29 is 4.79 Å². The van der Waals surface area contributed by atoms with Gasteiger partial charge in [0.05, 0.1) is 5.88 Å². The standard InChI is InChI=1S/C11H13ClOS/c1-3-14-11-5-4-8(2)6-9(11)10(13)7-12/h4-6H,3,7H2,1-2H3. The highest BCUT2D eigenvalue weighted by Gasteiger charge is 2.10. The third-order valence-corrected chi connectivity index (χ3v) is 3.06. The quantitative estimate of drug-likeness (QED) is 0.446. The van der Waals surface area contributed by atoms with Crippen LogP contribution in [0.4, 0.5) is 0 Å². The maximum absolute atomic E-state index is 11.5. The van der Waals surface area contributed by atoms with Crippen LogP contribution < -0.4 is 0 Å². The van der Waals surface area contributed by atoms with Crippen molar-refractivity contribution in [2.75, 3.05) is 11.6 Å². The summed E-state index contributed by atoms with van der Waals surface area (Å²) in [4.78, 5) is 12.5. The van der Waals surface area contributed by atoms with Crippen molar-refractivity contribution in [1.82, 2.24) is 0 Å². The molecule has 0 spiro atoms. The molecule has 0 atom stereocenters. The monoisotopic (exact) mass is 228 g/mol. The van der Waals surface area contributed by atoms with E-state index in [0.717, 1.165) is 21.8 Å². The first-order valence-electron chi connectivity index (χ1n) is 4.51. The Kier molecular flexibility index (Phi) is 4.49. The fraction of sp³-hybridized carbons (Fsp3) is 0.364. The van der Waals surface area contributed by atoms with E-state index in [4.69, 9.17) is 11.6 Å². The predicted octanol–water partition coefficient (Wildman–Crippen LogP) is 3.53. The Morgan fingerprint density at radius 1 is 1.50 bits per heavy atom. The summed E-state index contributed by atoms with van der Waals surface area (Å²) in [5.41, 5.74) is 1.85. The first kappa shape index (κ1) is 11.6. The van der Waals surface area contributed by atoms with E-state index in [9.17, 15) is 4.79 Å². The van der Waals surface area contributed by atoms with E-state index in [0.29, 0.717) is 0 Å². The van der Waals surface area contributed by atoms with Crippen molar-refractivity contribution in [2.24, 2.45) is 0 Å². The number of halogens is 1. The molecule has 0 amide bonds. The van der Waals surface area contributed by atoms with Crippen molar-refractivity contribution in [1.29, 1.82) is 0 Å². The van der Waals surface area contributed by atoms with Crippen molar-refractivity contribution >= 4 is 29.1 Å². The minimum absolute atomic E-state index is 0.00585. The maximum Gasteiger partial charge on any atom is 0.178 e. The van der Waals surface area contributed by atoms with Crippen LogP contribution in [-0.4, -0.2) is 17.4 Å². The number of thioether (sulfide) groups is 1. The normalized spacial score (nSPS) is 10.2. The molecule has 0 aliphatic heterocycles. The number of hydrogen-bond acceptors (Lipinski definition) is 2. The zero-order valence-electron chi connectivity index (χ0n) is 8.34. The Morgan fingerprint density at radius 3 is 2.79 bits per heavy atom. The van der Waals surface area contributed by atoms with Crippen LogP contribution >= 0.6 is 23.4 Å². The van der Waals surface area contributed by atoms with Crippen LogP contribution in [0.25, 0.3) is 0 Å². The van der Waals surface area contributed by atoms with Crippen LogP contribution in [0.3, 0.4) is 0 Å². The van der Waals surface area contributed by atoms with Crippen LogP contribution in [0.15, 0.2) is 23.1 Å². The van der Waals surface area contributed by atoms with Gasteiger partial charge in [0, 0.05) is 10.5 Å². The molecule has 1 nitrogen and oxygen atoms in total. The number of rotatable bonds is 4. The highest BCUT2D eigenvalue weighted by Crippen LogP contribution is 2.24. The number of hydrogen-bond donors (Lipinski definition) is 0. The molecule has 1 rings (SSSR count). The second kappa shape index (κ2) is 5.42. The molecule has 0 bridgehead atoms. The van der Waals surface area contributed by atoms with Crippen molar-refractivity contribution in [3.8, 4) is 0 Å². The van der Waals surface area contributed by atoms with Gasteiger partial charge >= 0.3 is 0 Å². The molecule has 0 radical (unpaired) electrons. The Balaban J connectivity index is 3.08. The number of carbonyl (C=O) groups excluding carboxylic acids is 1. The number of Topliss-reactive ketones (excluding diaryl/α,β-unsaturated/α-hetero) is 1. The molecule has 0 N–H and O–H groups in total. The maximum atomic E-state index is 11.5. The van der Waals surface area contributed by atoms with Gasteiger partial charge in [-0.05, 0) is 24.8 Å². The molecule has 1 aromatic carbocycles. The van der Waals surface area contributed by atoms with E-state index in [1.807, 2.05) is 25.1 Å². The molecular weight excluding hydrogens is 216 g/mol. The summed E-state index contributed by atoms with van der Waals surface area (Å²) < 4.78 is 0. The summed E-state index contributed by atoms with van der Waals surface area (Å²) >= 11 is 7.23. The Bertz CT molecular complexity index is 336. The summed E-state index contributed by atoms with van der Waals surface area (Å²) in [5.74, 6) is 1.03. The zero-order valence-corrected chi connectivity index (χ0v) is 9.91. The molecule has 76 valence electrons. The topological polar surface area (TPSA) is 17.1 Å². The SMILES string of the molecule is CCSc1ccc(C)cc1C(=O)CCl. The molecule has 0 fully saturated rings. The lowest BCUT2D eigenvalue weighted by Crippen LogP contribution is -2.02. The van der Waals surface area contributed by atoms with E-state index in [1.54, 1.807) is 11.8 Å². The van der Waals surface area contributed by atoms with Gasteiger partial charge in [0.2, 0.25) is 0 Å². The lowest BCUT2D eigenvalue weighted by atomic mass is 10.1. The van der Waals surface area contributed by atoms with Gasteiger partial charge in [0.25, 0.3) is 0 Å². The van der Waals surface area contributed by atoms with E-state index in [-0.39, 0.29) is 11.7 Å². The first-order chi connectivity index (χ1) is 6.69. The van der Waals surface area contributed by atoms with Gasteiger partial charge in [0.15, 0.2) is 5.78 Å². The molecule has 0 saturated carbocycles. The lowest BCUT2D eigenvalue weighted by Gasteiger charge is -2.06. The summed E-state index contributed by atoms with van der Waals surface area (Å²) in [5, 5.41) is 0. The molecule has 0 aromatic heterocycles. The molecule has 14 heavy (non-hydrogen) atoms. The van der Waals surface area contributed by atoms with E-state index in [2.05, 4.69) is 6.92 Å². The highest BCUT2D eigenvalue weighted by atomic mass is 35.5. The third-order valence-electron chi connectivity index (χ3n) is 1.86. The van der Waals surface area contributed by atoms with Crippen molar-refractivity contribution in [3.63, 3.8) is 0 Å². The van der Waals surface area contributed by atoms with Gasteiger partial charge in [-0.1, -0.05) is 18.6 Å². The summed E-state index contributed by atoms with van der Waals surface area (Å²) in [7, 11) is 0. The average Bonchev–Trinajstić information content (AvgIpc) is 2.20. The van der Waals surface area contributed by atoms with Gasteiger partial charge in [-0.25, -0.2) is 0 Å². The smallest absolute Gasteiger partial charge is 0.178 e. The molecule has 1 aromatic rings. The number of benzene rings is 1. The molecule has 0 unspecified atom stereocenters. The predicted molar refractivity (Wildman–Crippen MR) is 62.6 cm³/mol. The molecule has 0 aliphatic carbocycles. The number of aryl methyl sites for hydroxylation is 1. The summed E-state index contributed by atoms with van der Waals surface area (Å²) in [6, 6.07) is 5.91. The van der Waals surface area contributed by atoms with Gasteiger partial charge in [-0.15, -0.1) is 23.4 Å². The molecular formula is C11H13ClOS. The lowest BCUT2D eigenvalue weighted by molar-refractivity contribution is 0.101. The first-order valence-corrected chi connectivity index (χ1v) is 6.03. The number of carbonyl (C=O) groups is 1. The number of alkyl halides is 1. The Hall–Kier alpha value is -0.470. The molecule has 0 heterocycles. The van der Waals surface area contributed by atoms with E-state index >= 15 is 0 Å². The van der Waals surface area contributed by atoms with Crippen LogP contribution in [0.5, 0.6) is 0 Å². The average molecular weight is 229 g/mol. The van der Waals surface area contributed by atoms with Gasteiger partial charge in [-0.2, -0.15) is 0 Å². The van der Waals surface area contributed by atoms with E-state index in [1.165, 1.54) is 0 Å². The van der Waals surface area contributed by atoms with Gasteiger partial charge < -0.3 is 0 Å². The van der Waals surface area contributed by atoms with Crippen LogP contribution in [-0.2, 0) is 0 Å². The molecule has 0 aliphatic rings. The van der Waals surface area contributed by atoms with Gasteiger partial charge in [0.1, 0.15) is 0 Å². The minimum Gasteiger partial charge on any atom is -0.293 e. The minimum atomic E-state index is 0.00585. The zero-order chi connectivity index (χ0) is 10.6. The highest BCUT2D eigenvalue weighted by molar-refractivity contribution is 7.99. The number of ketones is 1. The van der Waals surface area contributed by atoms with E-state index < -0.39 is 0 Å². The fourth-order valence-electron chi connectivity index (χ4n) is 1.22. The van der Waals surface area contributed by atoms with Crippen molar-refractivity contribution in [3.05, 3.63) is 29.3 Å². The summed E-state index contributed by atoms with van der Waals surface area (Å²) in [6.07, 6.45) is 0. The largest absolute Gasteiger partial charge is 0.293 e. The molecule has 0 saturated heterocycles. The molecule has 3 heteroatoms. The van der Waals surface area contributed by atoms with Crippen LogP contribution in [0.2, 0.25) is 0 Å². The van der Waals surface area contributed by atoms with Crippen molar-refractivity contribution in [2.45, 2.75) is 18.7 Å². The fourth-order valence-corrected chi connectivity index (χ4v) is 2.16. The van der Waals surface area contributed by atoms with Crippen LogP contribution in [0, 0.1) is 6.92 Å². The third kappa shape index (κ3) is 2.76. The second-order valence-electron chi connectivity index (χ2n) is 2.99. The Morgan fingerprint density at radius 2 is 2.21 bits per heavy atom. The van der Waals surface area contributed by atoms with Gasteiger partial charge in [-0.3, -0.25) is 4.79 Å².